The number of hydrogen-bond acceptors (Lipinski definition) is 2. The zero-order valence-corrected chi connectivity index (χ0v) is 9.55. The van der Waals surface area contributed by atoms with Crippen molar-refractivity contribution < 1.29 is 4.74 Å². The number of morpholine rings is 1. The van der Waals surface area contributed by atoms with Gasteiger partial charge in [-0.05, 0) is 14.0 Å². The second-order valence-electron chi connectivity index (χ2n) is 2.44. The van der Waals surface area contributed by atoms with E-state index in [1.165, 1.54) is 0 Å². The van der Waals surface area contributed by atoms with Crippen molar-refractivity contribution in [3.8, 4) is 0 Å². The molecule has 0 N–H and O–H groups in total. The normalized spacial score (nSPS) is 23.0. The van der Waals surface area contributed by atoms with Crippen LogP contribution >= 0.6 is 0 Å². The van der Waals surface area contributed by atoms with Gasteiger partial charge in [-0.25, -0.2) is 0 Å². The molecule has 1 aliphatic rings. The van der Waals surface area contributed by atoms with Crippen LogP contribution in [0.25, 0.3) is 0 Å². The van der Waals surface area contributed by atoms with E-state index >= 15 is 0 Å². The number of hydrogen-bond donors (Lipinski definition) is 0. The summed E-state index contributed by atoms with van der Waals surface area (Å²) >= 11 is 0. The van der Waals surface area contributed by atoms with Gasteiger partial charge in [0.15, 0.2) is 0 Å². The third-order valence-corrected chi connectivity index (χ3v) is 1.44. The monoisotopic (exact) mass is 175 g/mol. The Kier molecular flexibility index (Phi) is 13.1. The van der Waals surface area contributed by atoms with E-state index in [1.54, 1.807) is 0 Å². The van der Waals surface area contributed by atoms with Crippen molar-refractivity contribution in [1.29, 1.82) is 0 Å². The maximum atomic E-state index is 5.31. The Labute approximate surface area is 77.9 Å². The first-order valence-corrected chi connectivity index (χ1v) is 5.09. The third kappa shape index (κ3) is 8.02. The molecule has 0 aromatic rings. The second kappa shape index (κ2) is 10.9. The SMILES string of the molecule is CC.CC.CC1CN(C)CCO1. The molecule has 0 bridgehead atoms. The molecule has 0 saturated carbocycles. The average molecular weight is 175 g/mol. The van der Waals surface area contributed by atoms with Gasteiger partial charge in [0, 0.05) is 13.1 Å². The zero-order chi connectivity index (χ0) is 9.98. The highest BCUT2D eigenvalue weighted by atomic mass is 16.5. The lowest BCUT2D eigenvalue weighted by atomic mass is 10.3. The molecule has 1 unspecified atom stereocenters. The van der Waals surface area contributed by atoms with Crippen LogP contribution in [0.1, 0.15) is 34.6 Å². The summed E-state index contributed by atoms with van der Waals surface area (Å²) in [4.78, 5) is 2.29. The van der Waals surface area contributed by atoms with Crippen LogP contribution in [0.15, 0.2) is 0 Å². The van der Waals surface area contributed by atoms with Crippen LogP contribution < -0.4 is 0 Å². The molecule has 0 aromatic heterocycles. The van der Waals surface area contributed by atoms with Gasteiger partial charge in [-0.2, -0.15) is 0 Å². The van der Waals surface area contributed by atoms with E-state index in [0.717, 1.165) is 19.7 Å². The van der Waals surface area contributed by atoms with Crippen LogP contribution in [0, 0.1) is 0 Å². The smallest absolute Gasteiger partial charge is 0.0674 e. The fraction of sp³-hybridized carbons (Fsp3) is 1.00. The summed E-state index contributed by atoms with van der Waals surface area (Å²) in [5.74, 6) is 0. The molecule has 1 aliphatic heterocycles. The van der Waals surface area contributed by atoms with Crippen molar-refractivity contribution >= 4 is 0 Å². The Bertz CT molecular complexity index is 68.2. The van der Waals surface area contributed by atoms with Crippen LogP contribution in [0.5, 0.6) is 0 Å². The predicted octanol–water partition coefficient (Wildman–Crippen LogP) is 2.39. The third-order valence-electron chi connectivity index (χ3n) is 1.44. The summed E-state index contributed by atoms with van der Waals surface area (Å²) < 4.78 is 5.31. The molecule has 1 rings (SSSR count). The highest BCUT2D eigenvalue weighted by molar-refractivity contribution is 4.62. The molecule has 0 amide bonds. The van der Waals surface area contributed by atoms with Gasteiger partial charge >= 0.3 is 0 Å². The van der Waals surface area contributed by atoms with Gasteiger partial charge in [0.2, 0.25) is 0 Å². The average Bonchev–Trinajstić information content (AvgIpc) is 2.11. The highest BCUT2D eigenvalue weighted by Crippen LogP contribution is 1.99. The molecule has 76 valence electrons. The van der Waals surface area contributed by atoms with E-state index in [1.807, 2.05) is 27.7 Å². The molecular formula is C10H25NO. The summed E-state index contributed by atoms with van der Waals surface area (Å²) in [6, 6.07) is 0. The fourth-order valence-corrected chi connectivity index (χ4v) is 0.993. The van der Waals surface area contributed by atoms with Crippen LogP contribution in [-0.4, -0.2) is 37.7 Å². The molecule has 1 heterocycles. The van der Waals surface area contributed by atoms with Crippen LogP contribution in [0.2, 0.25) is 0 Å². The van der Waals surface area contributed by atoms with Gasteiger partial charge in [-0.15, -0.1) is 0 Å². The zero-order valence-electron chi connectivity index (χ0n) is 9.55. The van der Waals surface area contributed by atoms with Crippen molar-refractivity contribution in [3.05, 3.63) is 0 Å². The van der Waals surface area contributed by atoms with Crippen molar-refractivity contribution in [2.45, 2.75) is 40.7 Å². The van der Waals surface area contributed by atoms with Crippen LogP contribution in [0.4, 0.5) is 0 Å². The topological polar surface area (TPSA) is 12.5 Å². The van der Waals surface area contributed by atoms with E-state index in [2.05, 4.69) is 18.9 Å². The molecule has 0 radical (unpaired) electrons. The predicted molar refractivity (Wildman–Crippen MR) is 55.6 cm³/mol. The van der Waals surface area contributed by atoms with Crippen molar-refractivity contribution in [2.75, 3.05) is 26.7 Å². The van der Waals surface area contributed by atoms with E-state index < -0.39 is 0 Å². The van der Waals surface area contributed by atoms with Gasteiger partial charge in [0.1, 0.15) is 0 Å². The Morgan fingerprint density at radius 3 is 1.92 bits per heavy atom. The Hall–Kier alpha value is -0.0800. The quantitative estimate of drug-likeness (QED) is 0.560. The molecule has 1 atom stereocenters. The first kappa shape index (κ1) is 14.4. The molecule has 0 aliphatic carbocycles. The van der Waals surface area contributed by atoms with Crippen molar-refractivity contribution in [1.82, 2.24) is 4.90 Å². The standard InChI is InChI=1S/C6H13NO.2C2H6/c1-6-5-7(2)3-4-8-6;2*1-2/h6H,3-5H2,1-2H3;2*1-2H3. The lowest BCUT2D eigenvalue weighted by Crippen LogP contribution is -2.38. The van der Waals surface area contributed by atoms with Crippen molar-refractivity contribution in [2.24, 2.45) is 0 Å². The molecule has 0 spiro atoms. The largest absolute Gasteiger partial charge is 0.376 e. The number of ether oxygens (including phenoxy) is 1. The molecule has 1 saturated heterocycles. The van der Waals surface area contributed by atoms with Crippen LogP contribution in [-0.2, 0) is 4.74 Å². The minimum Gasteiger partial charge on any atom is -0.376 e. The first-order chi connectivity index (χ1) is 5.79. The number of nitrogens with zero attached hydrogens (tertiary/aromatic N) is 1. The molecular weight excluding hydrogens is 150 g/mol. The summed E-state index contributed by atoms with van der Waals surface area (Å²) in [6.07, 6.45) is 0.439. The lowest BCUT2D eigenvalue weighted by Gasteiger charge is -2.27. The molecule has 0 aromatic carbocycles. The van der Waals surface area contributed by atoms with Gasteiger partial charge in [-0.1, -0.05) is 27.7 Å². The van der Waals surface area contributed by atoms with Crippen molar-refractivity contribution in [3.63, 3.8) is 0 Å². The van der Waals surface area contributed by atoms with E-state index in [4.69, 9.17) is 4.74 Å². The van der Waals surface area contributed by atoms with E-state index in [0.29, 0.717) is 6.10 Å². The summed E-state index contributed by atoms with van der Waals surface area (Å²) in [5, 5.41) is 0. The summed E-state index contributed by atoms with van der Waals surface area (Å²) in [7, 11) is 2.12. The van der Waals surface area contributed by atoms with Gasteiger partial charge < -0.3 is 9.64 Å². The molecule has 2 nitrogen and oxygen atoms in total. The molecule has 2 heteroatoms. The summed E-state index contributed by atoms with van der Waals surface area (Å²) in [5.41, 5.74) is 0. The maximum absolute atomic E-state index is 5.31. The summed E-state index contributed by atoms with van der Waals surface area (Å²) in [6.45, 7) is 13.2. The van der Waals surface area contributed by atoms with Gasteiger partial charge in [0.05, 0.1) is 12.7 Å². The Morgan fingerprint density at radius 1 is 1.17 bits per heavy atom. The lowest BCUT2D eigenvalue weighted by molar-refractivity contribution is -0.00861. The fourth-order valence-electron chi connectivity index (χ4n) is 0.993. The molecule has 12 heavy (non-hydrogen) atoms. The minimum atomic E-state index is 0.439. The maximum Gasteiger partial charge on any atom is 0.0674 e. The van der Waals surface area contributed by atoms with Gasteiger partial charge in [-0.3, -0.25) is 0 Å². The van der Waals surface area contributed by atoms with E-state index in [-0.39, 0.29) is 0 Å². The highest BCUT2D eigenvalue weighted by Gasteiger charge is 2.11. The Balaban J connectivity index is 0. The Morgan fingerprint density at radius 2 is 1.67 bits per heavy atom. The van der Waals surface area contributed by atoms with Gasteiger partial charge in [0.25, 0.3) is 0 Å². The minimum absolute atomic E-state index is 0.439. The number of likely N-dealkylation sites (N-methyl/N-ethyl adjacent to an activating group) is 1. The van der Waals surface area contributed by atoms with Crippen LogP contribution in [0.3, 0.4) is 0 Å². The second-order valence-corrected chi connectivity index (χ2v) is 2.44. The molecule has 1 fully saturated rings. The van der Waals surface area contributed by atoms with E-state index in [9.17, 15) is 0 Å². The number of rotatable bonds is 0. The first-order valence-electron chi connectivity index (χ1n) is 5.09.